The Kier molecular flexibility index (Phi) is 14.3. The van der Waals surface area contributed by atoms with Gasteiger partial charge in [0.1, 0.15) is 34.5 Å². The first kappa shape index (κ1) is 48.5. The third kappa shape index (κ3) is 10.3. The van der Waals surface area contributed by atoms with Gasteiger partial charge in [-0.1, -0.05) is 48.5 Å². The van der Waals surface area contributed by atoms with E-state index in [-0.39, 0.29) is 37.0 Å². The summed E-state index contributed by atoms with van der Waals surface area (Å²) < 4.78 is 55.3. The standard InChI is InChI=1S/2C29H26O7/c2*1-17(30)22(12-18-4-6-20(7-5-18)29(31)33-3)25-13-23(19-8-10-21(32-2)11-9-19)24-14-27-28(35-16-34-27)15-26(24)36-25/h2*4-11,14-15,23H,12-13,16H2,1-3H3/b2*25-22+/t2*23-/m00/s1. The Bertz CT molecular complexity index is 2890. The van der Waals surface area contributed by atoms with Crippen molar-refractivity contribution >= 4 is 23.5 Å². The van der Waals surface area contributed by atoms with Crippen LogP contribution in [0.4, 0.5) is 0 Å². The number of hydrogen-bond donors (Lipinski definition) is 0. The summed E-state index contributed by atoms with van der Waals surface area (Å²) in [7, 11) is 5.96. The van der Waals surface area contributed by atoms with Crippen LogP contribution < -0.4 is 37.9 Å². The summed E-state index contributed by atoms with van der Waals surface area (Å²) in [6.45, 7) is 3.42. The SMILES string of the molecule is COC(=O)c1ccc(C/C(C(C)=O)=C2/C[C@@H](c3ccc(OC)cc3)c3cc4c(cc3O2)OCO4)cc1.COC(=O)c1ccc(C/C(C(C)=O)=C2/C[C@@H](c3ccc(OC)cc3)c3cc4c(cc3O2)OCO4)cc1. The zero-order valence-electron chi connectivity index (χ0n) is 40.7. The molecule has 0 saturated carbocycles. The molecule has 0 aliphatic carbocycles. The van der Waals surface area contributed by atoms with Gasteiger partial charge in [0, 0.05) is 71.9 Å². The number of hydrogen-bond acceptors (Lipinski definition) is 14. The molecule has 2 atom stereocenters. The van der Waals surface area contributed by atoms with Crippen LogP contribution >= 0.6 is 0 Å². The molecule has 4 heterocycles. The number of allylic oxidation sites excluding steroid dienone is 4. The van der Waals surface area contributed by atoms with Gasteiger partial charge in [-0.05, 0) is 96.8 Å². The first-order valence-corrected chi connectivity index (χ1v) is 23.2. The highest BCUT2D eigenvalue weighted by atomic mass is 16.7. The van der Waals surface area contributed by atoms with E-state index in [0.717, 1.165) is 44.9 Å². The second kappa shape index (κ2) is 21.2. The van der Waals surface area contributed by atoms with E-state index < -0.39 is 11.9 Å². The Morgan fingerprint density at radius 3 is 1.12 bits per heavy atom. The van der Waals surface area contributed by atoms with Crippen molar-refractivity contribution in [3.8, 4) is 46.0 Å². The van der Waals surface area contributed by atoms with Gasteiger partial charge < -0.3 is 47.4 Å². The van der Waals surface area contributed by atoms with Gasteiger partial charge in [-0.25, -0.2) is 9.59 Å². The first-order valence-electron chi connectivity index (χ1n) is 23.2. The van der Waals surface area contributed by atoms with Crippen LogP contribution in [0.25, 0.3) is 0 Å². The third-order valence-electron chi connectivity index (χ3n) is 13.1. The highest BCUT2D eigenvalue weighted by Gasteiger charge is 2.34. The van der Waals surface area contributed by atoms with Gasteiger partial charge in [-0.15, -0.1) is 0 Å². The summed E-state index contributed by atoms with van der Waals surface area (Å²) in [4.78, 5) is 49.2. The molecule has 4 aliphatic heterocycles. The number of ether oxygens (including phenoxy) is 10. The molecule has 0 spiro atoms. The minimum atomic E-state index is -0.403. The number of rotatable bonds is 12. The Morgan fingerprint density at radius 2 is 0.806 bits per heavy atom. The van der Waals surface area contributed by atoms with E-state index in [2.05, 4.69) is 0 Å². The second-order valence-electron chi connectivity index (χ2n) is 17.4. The van der Waals surface area contributed by atoms with Gasteiger partial charge in [0.25, 0.3) is 0 Å². The minimum Gasteiger partial charge on any atom is -0.497 e. The van der Waals surface area contributed by atoms with Crippen LogP contribution in [-0.2, 0) is 31.9 Å². The molecule has 0 amide bonds. The second-order valence-corrected chi connectivity index (χ2v) is 17.4. The van der Waals surface area contributed by atoms with Crippen molar-refractivity contribution in [2.24, 2.45) is 0 Å². The van der Waals surface area contributed by atoms with E-state index in [4.69, 9.17) is 47.4 Å². The van der Waals surface area contributed by atoms with Gasteiger partial charge in [0.05, 0.1) is 39.6 Å². The molecule has 14 nitrogen and oxygen atoms in total. The summed E-state index contributed by atoms with van der Waals surface area (Å²) in [5.74, 6) is 5.60. The Balaban J connectivity index is 0.000000178. The van der Waals surface area contributed by atoms with Gasteiger partial charge in [-0.2, -0.15) is 0 Å². The topological polar surface area (TPSA) is 161 Å². The third-order valence-corrected chi connectivity index (χ3v) is 13.1. The molecule has 0 radical (unpaired) electrons. The molecule has 0 N–H and O–H groups in total. The van der Waals surface area contributed by atoms with E-state index in [0.29, 0.717) is 94.0 Å². The maximum atomic E-state index is 12.8. The zero-order chi connectivity index (χ0) is 50.5. The summed E-state index contributed by atoms with van der Waals surface area (Å²) in [6, 6.07) is 37.5. The van der Waals surface area contributed by atoms with Crippen LogP contribution in [0.15, 0.2) is 144 Å². The summed E-state index contributed by atoms with van der Waals surface area (Å²) in [6.07, 6.45) is 1.77. The number of carbonyl (C=O) groups is 4. The molecule has 4 aliphatic rings. The summed E-state index contributed by atoms with van der Waals surface area (Å²) >= 11 is 0. The fourth-order valence-electron chi connectivity index (χ4n) is 9.18. The Hall–Kier alpha value is -8.52. The number of Topliss-reactive ketones (excluding diaryl/α,β-unsaturated/α-hetero) is 2. The largest absolute Gasteiger partial charge is 0.497 e. The molecule has 0 saturated heterocycles. The molecule has 0 bridgehead atoms. The lowest BCUT2D eigenvalue weighted by Crippen LogP contribution is -2.18. The number of esters is 2. The summed E-state index contributed by atoms with van der Waals surface area (Å²) in [5.41, 5.74) is 7.95. The van der Waals surface area contributed by atoms with E-state index in [9.17, 15) is 19.2 Å². The van der Waals surface area contributed by atoms with Crippen molar-refractivity contribution in [2.45, 2.75) is 51.4 Å². The monoisotopic (exact) mass is 972 g/mol. The summed E-state index contributed by atoms with van der Waals surface area (Å²) in [5, 5.41) is 0. The van der Waals surface area contributed by atoms with E-state index in [1.54, 1.807) is 52.3 Å². The average molecular weight is 973 g/mol. The lowest BCUT2D eigenvalue weighted by molar-refractivity contribution is -0.114. The van der Waals surface area contributed by atoms with Crippen LogP contribution in [0, 0.1) is 0 Å². The molecule has 0 fully saturated rings. The maximum Gasteiger partial charge on any atom is 0.337 e. The lowest BCUT2D eigenvalue weighted by atomic mass is 9.83. The molecular formula is C58H52O14. The lowest BCUT2D eigenvalue weighted by Gasteiger charge is -2.30. The number of benzene rings is 6. The molecule has 6 aromatic carbocycles. The van der Waals surface area contributed by atoms with E-state index in [1.165, 1.54) is 14.2 Å². The number of fused-ring (bicyclic) bond motifs is 4. The van der Waals surface area contributed by atoms with Crippen molar-refractivity contribution in [1.82, 2.24) is 0 Å². The molecule has 368 valence electrons. The smallest absolute Gasteiger partial charge is 0.337 e. The molecular weight excluding hydrogens is 921 g/mol. The van der Waals surface area contributed by atoms with Gasteiger partial charge in [0.15, 0.2) is 34.6 Å². The van der Waals surface area contributed by atoms with Gasteiger partial charge in [0.2, 0.25) is 13.6 Å². The predicted octanol–water partition coefficient (Wildman–Crippen LogP) is 10.4. The fraction of sp³-hybridized carbons (Fsp3) is 0.241. The van der Waals surface area contributed by atoms with Crippen LogP contribution in [-0.4, -0.2) is 65.5 Å². The van der Waals surface area contributed by atoms with E-state index in [1.807, 2.05) is 97.1 Å². The molecule has 72 heavy (non-hydrogen) atoms. The van der Waals surface area contributed by atoms with Gasteiger partial charge >= 0.3 is 11.9 Å². The van der Waals surface area contributed by atoms with Crippen molar-refractivity contribution in [2.75, 3.05) is 42.0 Å². The van der Waals surface area contributed by atoms with Crippen molar-refractivity contribution in [1.29, 1.82) is 0 Å². The predicted molar refractivity (Wildman–Crippen MR) is 264 cm³/mol. The number of carbonyl (C=O) groups excluding carboxylic acids is 4. The zero-order valence-corrected chi connectivity index (χ0v) is 40.7. The van der Waals surface area contributed by atoms with Crippen LogP contribution in [0.1, 0.15) is 92.6 Å². The molecule has 6 aromatic rings. The minimum absolute atomic E-state index is 0.0554. The van der Waals surface area contributed by atoms with E-state index >= 15 is 0 Å². The maximum absolute atomic E-state index is 12.8. The van der Waals surface area contributed by atoms with Crippen LogP contribution in [0.3, 0.4) is 0 Å². The highest BCUT2D eigenvalue weighted by Crippen LogP contribution is 2.50. The first-order chi connectivity index (χ1) is 34.9. The van der Waals surface area contributed by atoms with Crippen LogP contribution in [0.5, 0.6) is 46.0 Å². The average Bonchev–Trinajstić information content (AvgIpc) is 4.09. The van der Waals surface area contributed by atoms with Gasteiger partial charge in [-0.3, -0.25) is 9.59 Å². The number of methoxy groups -OCH3 is 4. The highest BCUT2D eigenvalue weighted by molar-refractivity contribution is 5.95. The van der Waals surface area contributed by atoms with Crippen LogP contribution in [0.2, 0.25) is 0 Å². The molecule has 14 heteroatoms. The quantitative estimate of drug-likeness (QED) is 0.0841. The van der Waals surface area contributed by atoms with Crippen molar-refractivity contribution in [3.05, 3.63) is 188 Å². The normalized spacial score (nSPS) is 17.0. The molecule has 0 aromatic heterocycles. The van der Waals surface area contributed by atoms with Crippen molar-refractivity contribution < 1.29 is 66.5 Å². The molecule has 0 unspecified atom stereocenters. The Morgan fingerprint density at radius 1 is 0.458 bits per heavy atom. The Labute approximate surface area is 416 Å². The fourth-order valence-corrected chi connectivity index (χ4v) is 9.18. The molecule has 10 rings (SSSR count). The number of ketones is 2. The van der Waals surface area contributed by atoms with Crippen molar-refractivity contribution in [3.63, 3.8) is 0 Å².